The molecule has 0 aliphatic heterocycles. The molecule has 0 heterocycles. The minimum absolute atomic E-state index is 0.0447. The van der Waals surface area contributed by atoms with Crippen molar-refractivity contribution in [2.24, 2.45) is 5.92 Å². The first-order valence-corrected chi connectivity index (χ1v) is 10.1. The maximum atomic E-state index is 13.5. The number of benzene rings is 2. The molecule has 2 aromatic rings. The number of nitrogens with zero attached hydrogens (tertiary/aromatic N) is 1. The van der Waals surface area contributed by atoms with Crippen LogP contribution >= 0.6 is 0 Å². The molecular weight excluding hydrogens is 366 g/mol. The molecule has 2 aromatic carbocycles. The number of rotatable bonds is 7. The Morgan fingerprint density at radius 2 is 1.48 bits per heavy atom. The third-order valence-electron chi connectivity index (χ3n) is 5.89. The van der Waals surface area contributed by atoms with Gasteiger partial charge in [0.2, 0.25) is 5.75 Å². The quantitative estimate of drug-likeness (QED) is 0.620. The van der Waals surface area contributed by atoms with Gasteiger partial charge >= 0.3 is 0 Å². The van der Waals surface area contributed by atoms with E-state index in [1.165, 1.54) is 5.56 Å². The summed E-state index contributed by atoms with van der Waals surface area (Å²) in [6.45, 7) is 0. The normalized spacial score (nSPS) is 18.8. The van der Waals surface area contributed by atoms with E-state index in [9.17, 15) is 4.79 Å². The van der Waals surface area contributed by atoms with E-state index >= 15 is 0 Å². The molecule has 1 aliphatic carbocycles. The Hall–Kier alpha value is -2.69. The van der Waals surface area contributed by atoms with Gasteiger partial charge in [0.15, 0.2) is 17.3 Å². The topological polar surface area (TPSA) is 48.0 Å². The van der Waals surface area contributed by atoms with E-state index in [0.29, 0.717) is 22.8 Å². The van der Waals surface area contributed by atoms with Crippen molar-refractivity contribution in [1.29, 1.82) is 0 Å². The summed E-state index contributed by atoms with van der Waals surface area (Å²) in [7, 11) is 8.78. The smallest absolute Gasteiger partial charge is 0.203 e. The van der Waals surface area contributed by atoms with Crippen molar-refractivity contribution in [1.82, 2.24) is 0 Å². The van der Waals surface area contributed by atoms with Crippen LogP contribution in [0.2, 0.25) is 0 Å². The predicted molar refractivity (Wildman–Crippen MR) is 116 cm³/mol. The van der Waals surface area contributed by atoms with Crippen LogP contribution in [-0.4, -0.2) is 41.2 Å². The van der Waals surface area contributed by atoms with Gasteiger partial charge in [0, 0.05) is 31.3 Å². The van der Waals surface area contributed by atoms with Crippen molar-refractivity contribution in [3.05, 3.63) is 47.5 Å². The van der Waals surface area contributed by atoms with Crippen LogP contribution < -0.4 is 19.1 Å². The number of hydrogen-bond acceptors (Lipinski definition) is 5. The number of Topliss-reactive ketones (excluding diaryl/α,β-unsaturated/α-hetero) is 1. The molecule has 1 fully saturated rings. The highest BCUT2D eigenvalue weighted by Crippen LogP contribution is 2.43. The van der Waals surface area contributed by atoms with Gasteiger partial charge in [0.05, 0.1) is 21.3 Å². The first kappa shape index (κ1) is 21.0. The average Bonchev–Trinajstić information content (AvgIpc) is 2.77. The Morgan fingerprint density at radius 3 is 2.00 bits per heavy atom. The van der Waals surface area contributed by atoms with E-state index in [2.05, 4.69) is 29.2 Å². The highest BCUT2D eigenvalue weighted by molar-refractivity contribution is 5.99. The second-order valence-electron chi connectivity index (χ2n) is 7.76. The summed E-state index contributed by atoms with van der Waals surface area (Å²) < 4.78 is 16.3. The Kier molecular flexibility index (Phi) is 6.68. The zero-order valence-electron chi connectivity index (χ0n) is 18.0. The van der Waals surface area contributed by atoms with E-state index in [0.717, 1.165) is 31.4 Å². The van der Waals surface area contributed by atoms with E-state index in [-0.39, 0.29) is 17.6 Å². The van der Waals surface area contributed by atoms with Gasteiger partial charge in [-0.25, -0.2) is 0 Å². The van der Waals surface area contributed by atoms with Crippen molar-refractivity contribution in [2.45, 2.75) is 31.6 Å². The van der Waals surface area contributed by atoms with Gasteiger partial charge < -0.3 is 19.1 Å². The minimum Gasteiger partial charge on any atom is -0.493 e. The standard InChI is InChI=1S/C24H31NO4/c1-25(2)18-12-10-16(11-13-18)19-8-6-7-9-20(19)23(26)17-14-21(27-3)24(29-5)22(15-17)28-4/h10-15,19-20H,6-9H2,1-5H3. The van der Waals surface area contributed by atoms with Gasteiger partial charge in [-0.15, -0.1) is 0 Å². The molecular formula is C24H31NO4. The third kappa shape index (κ3) is 4.34. The van der Waals surface area contributed by atoms with Crippen molar-refractivity contribution < 1.29 is 19.0 Å². The van der Waals surface area contributed by atoms with Crippen molar-refractivity contribution >= 4 is 11.5 Å². The fourth-order valence-electron chi connectivity index (χ4n) is 4.30. The highest BCUT2D eigenvalue weighted by Gasteiger charge is 2.33. The number of carbonyl (C=O) groups excluding carboxylic acids is 1. The Morgan fingerprint density at radius 1 is 0.897 bits per heavy atom. The lowest BCUT2D eigenvalue weighted by molar-refractivity contribution is 0.0867. The molecule has 0 saturated heterocycles. The van der Waals surface area contributed by atoms with Crippen LogP contribution in [0.4, 0.5) is 5.69 Å². The summed E-state index contributed by atoms with van der Waals surface area (Å²) in [6.07, 6.45) is 4.16. The maximum absolute atomic E-state index is 13.5. The fourth-order valence-corrected chi connectivity index (χ4v) is 4.30. The minimum atomic E-state index is -0.0447. The van der Waals surface area contributed by atoms with Gasteiger partial charge in [0.1, 0.15) is 0 Å². The number of carbonyl (C=O) groups is 1. The van der Waals surface area contributed by atoms with Crippen LogP contribution in [0.5, 0.6) is 17.2 Å². The number of ketones is 1. The molecule has 0 amide bonds. The molecule has 3 rings (SSSR count). The molecule has 0 radical (unpaired) electrons. The molecule has 0 N–H and O–H groups in total. The lowest BCUT2D eigenvalue weighted by atomic mass is 9.72. The van der Waals surface area contributed by atoms with Gasteiger partial charge in [-0.1, -0.05) is 25.0 Å². The van der Waals surface area contributed by atoms with Crippen LogP contribution in [0, 0.1) is 5.92 Å². The van der Waals surface area contributed by atoms with E-state index in [1.807, 2.05) is 14.1 Å². The molecule has 1 saturated carbocycles. The fraction of sp³-hybridized carbons (Fsp3) is 0.458. The first-order valence-electron chi connectivity index (χ1n) is 10.1. The second kappa shape index (κ2) is 9.21. The largest absolute Gasteiger partial charge is 0.493 e. The van der Waals surface area contributed by atoms with Gasteiger partial charge in [-0.2, -0.15) is 0 Å². The van der Waals surface area contributed by atoms with E-state index in [4.69, 9.17) is 14.2 Å². The summed E-state index contributed by atoms with van der Waals surface area (Å²) >= 11 is 0. The molecule has 2 unspecified atom stereocenters. The first-order chi connectivity index (χ1) is 14.0. The lowest BCUT2D eigenvalue weighted by Gasteiger charge is -2.31. The molecule has 2 atom stereocenters. The summed E-state index contributed by atoms with van der Waals surface area (Å²) in [5.74, 6) is 1.86. The number of ether oxygens (including phenoxy) is 3. The Labute approximate surface area is 173 Å². The zero-order chi connectivity index (χ0) is 21.0. The maximum Gasteiger partial charge on any atom is 0.203 e. The average molecular weight is 398 g/mol. The number of hydrogen-bond donors (Lipinski definition) is 0. The summed E-state index contributed by atoms with van der Waals surface area (Å²) in [6, 6.07) is 12.1. The van der Waals surface area contributed by atoms with Gasteiger partial charge in [-0.05, 0) is 48.6 Å². The Balaban J connectivity index is 1.93. The van der Waals surface area contributed by atoms with Crippen LogP contribution in [0.1, 0.15) is 47.5 Å². The van der Waals surface area contributed by atoms with Gasteiger partial charge in [0.25, 0.3) is 0 Å². The molecule has 0 spiro atoms. The molecule has 1 aliphatic rings. The summed E-state index contributed by atoms with van der Waals surface area (Å²) in [4.78, 5) is 15.6. The SMILES string of the molecule is COc1cc(C(=O)C2CCCCC2c2ccc(N(C)C)cc2)cc(OC)c1OC. The van der Waals surface area contributed by atoms with Crippen molar-refractivity contribution in [2.75, 3.05) is 40.3 Å². The summed E-state index contributed by atoms with van der Waals surface area (Å²) in [5.41, 5.74) is 3.01. The van der Waals surface area contributed by atoms with Crippen LogP contribution in [0.3, 0.4) is 0 Å². The number of methoxy groups -OCH3 is 3. The molecule has 0 bridgehead atoms. The zero-order valence-corrected chi connectivity index (χ0v) is 18.0. The molecule has 0 aromatic heterocycles. The predicted octanol–water partition coefficient (Wildman–Crippen LogP) is 4.94. The van der Waals surface area contributed by atoms with Crippen molar-refractivity contribution in [3.8, 4) is 17.2 Å². The molecule has 29 heavy (non-hydrogen) atoms. The highest BCUT2D eigenvalue weighted by atomic mass is 16.5. The summed E-state index contributed by atoms with van der Waals surface area (Å²) in [5, 5.41) is 0. The molecule has 156 valence electrons. The van der Waals surface area contributed by atoms with Crippen LogP contribution in [0.25, 0.3) is 0 Å². The lowest BCUT2D eigenvalue weighted by Crippen LogP contribution is -2.26. The van der Waals surface area contributed by atoms with E-state index in [1.54, 1.807) is 33.5 Å². The molecule has 5 nitrogen and oxygen atoms in total. The second-order valence-corrected chi connectivity index (χ2v) is 7.76. The Bertz CT molecular complexity index is 819. The number of anilines is 1. The third-order valence-corrected chi connectivity index (χ3v) is 5.89. The van der Waals surface area contributed by atoms with Crippen LogP contribution in [0.15, 0.2) is 36.4 Å². The monoisotopic (exact) mass is 397 g/mol. The molecule has 5 heteroatoms. The van der Waals surface area contributed by atoms with Crippen LogP contribution in [-0.2, 0) is 0 Å². The van der Waals surface area contributed by atoms with E-state index < -0.39 is 0 Å². The van der Waals surface area contributed by atoms with Gasteiger partial charge in [-0.3, -0.25) is 4.79 Å². The van der Waals surface area contributed by atoms with Crippen molar-refractivity contribution in [3.63, 3.8) is 0 Å².